The maximum atomic E-state index is 11.8. The molecule has 0 heterocycles. The SMILES string of the molecule is C=C/C=C\C(=C/C)NC(=O)c1ccccc1.CC.CC. The molecule has 1 amide bonds. The summed E-state index contributed by atoms with van der Waals surface area (Å²) in [5.41, 5.74) is 1.41. The van der Waals surface area contributed by atoms with E-state index >= 15 is 0 Å². The molecule has 1 aromatic rings. The van der Waals surface area contributed by atoms with Crippen molar-refractivity contribution in [1.29, 1.82) is 0 Å². The largest absolute Gasteiger partial charge is 0.322 e. The molecule has 1 aromatic carbocycles. The van der Waals surface area contributed by atoms with Crippen molar-refractivity contribution in [3.05, 3.63) is 72.5 Å². The molecule has 1 rings (SSSR count). The Bertz CT molecular complexity index is 416. The van der Waals surface area contributed by atoms with Crippen LogP contribution in [0.25, 0.3) is 0 Å². The lowest BCUT2D eigenvalue weighted by Gasteiger charge is -2.05. The lowest BCUT2D eigenvalue weighted by Crippen LogP contribution is -2.21. The summed E-state index contributed by atoms with van der Waals surface area (Å²) in [5.74, 6) is -0.109. The van der Waals surface area contributed by atoms with Gasteiger partial charge in [0.1, 0.15) is 0 Å². The Kier molecular flexibility index (Phi) is 15.1. The number of carbonyl (C=O) groups excluding carboxylic acids is 1. The van der Waals surface area contributed by atoms with Gasteiger partial charge in [0.2, 0.25) is 0 Å². The van der Waals surface area contributed by atoms with Gasteiger partial charge in [-0.3, -0.25) is 4.79 Å². The number of rotatable bonds is 4. The molecule has 1 N–H and O–H groups in total. The fourth-order valence-corrected chi connectivity index (χ4v) is 1.17. The summed E-state index contributed by atoms with van der Waals surface area (Å²) in [6, 6.07) is 9.11. The number of allylic oxidation sites excluding steroid dienone is 4. The molecule has 0 aliphatic carbocycles. The van der Waals surface area contributed by atoms with Gasteiger partial charge in [0.25, 0.3) is 5.91 Å². The van der Waals surface area contributed by atoms with Gasteiger partial charge in [0, 0.05) is 11.3 Å². The van der Waals surface area contributed by atoms with E-state index in [0.717, 1.165) is 5.70 Å². The van der Waals surface area contributed by atoms with Crippen LogP contribution in [0.1, 0.15) is 45.0 Å². The van der Waals surface area contributed by atoms with Gasteiger partial charge in [-0.05, 0) is 25.1 Å². The first-order valence-electron chi connectivity index (χ1n) is 7.09. The second-order valence-electron chi connectivity index (χ2n) is 3.16. The van der Waals surface area contributed by atoms with Crippen molar-refractivity contribution in [2.24, 2.45) is 0 Å². The van der Waals surface area contributed by atoms with E-state index < -0.39 is 0 Å². The molecule has 0 aliphatic rings. The molecule has 0 aromatic heterocycles. The van der Waals surface area contributed by atoms with Gasteiger partial charge in [-0.1, -0.05) is 70.7 Å². The Labute approximate surface area is 123 Å². The average molecular weight is 273 g/mol. The van der Waals surface area contributed by atoms with E-state index in [1.165, 1.54) is 0 Å². The third kappa shape index (κ3) is 8.92. The summed E-state index contributed by atoms with van der Waals surface area (Å²) >= 11 is 0. The van der Waals surface area contributed by atoms with Crippen LogP contribution >= 0.6 is 0 Å². The molecule has 110 valence electrons. The second-order valence-corrected chi connectivity index (χ2v) is 3.16. The first-order valence-corrected chi connectivity index (χ1v) is 7.09. The molecule has 0 aliphatic heterocycles. The van der Waals surface area contributed by atoms with Gasteiger partial charge >= 0.3 is 0 Å². The number of hydrogen-bond donors (Lipinski definition) is 1. The normalized spacial score (nSPS) is 9.75. The van der Waals surface area contributed by atoms with Gasteiger partial charge in [0.15, 0.2) is 0 Å². The Morgan fingerprint density at radius 3 is 2.10 bits per heavy atom. The summed E-state index contributed by atoms with van der Waals surface area (Å²) in [5, 5.41) is 2.81. The number of amides is 1. The standard InChI is InChI=1S/C14H15NO.2C2H6/c1-3-5-11-13(4-2)15-14(16)12-9-7-6-8-10-12;2*1-2/h3-11H,1H2,2H3,(H,15,16);2*1-2H3/b11-5-,13-4+;;. The smallest absolute Gasteiger partial charge is 0.255 e. The topological polar surface area (TPSA) is 29.1 Å². The maximum absolute atomic E-state index is 11.8. The highest BCUT2D eigenvalue weighted by Crippen LogP contribution is 2.00. The predicted octanol–water partition coefficient (Wildman–Crippen LogP) is 5.11. The van der Waals surface area contributed by atoms with E-state index in [1.807, 2.05) is 58.9 Å². The highest BCUT2D eigenvalue weighted by molar-refractivity contribution is 5.95. The molecule has 0 saturated heterocycles. The molecule has 2 nitrogen and oxygen atoms in total. The molecule has 0 spiro atoms. The van der Waals surface area contributed by atoms with Crippen LogP contribution in [0.15, 0.2) is 66.9 Å². The van der Waals surface area contributed by atoms with Crippen LogP contribution in [0.4, 0.5) is 0 Å². The van der Waals surface area contributed by atoms with Crippen LogP contribution in [-0.2, 0) is 0 Å². The van der Waals surface area contributed by atoms with E-state index in [1.54, 1.807) is 30.4 Å². The van der Waals surface area contributed by atoms with Gasteiger partial charge in [-0.15, -0.1) is 0 Å². The van der Waals surface area contributed by atoms with Gasteiger partial charge in [-0.25, -0.2) is 0 Å². The minimum atomic E-state index is -0.109. The molecule has 0 bridgehead atoms. The quantitative estimate of drug-likeness (QED) is 0.758. The van der Waals surface area contributed by atoms with Crippen molar-refractivity contribution in [1.82, 2.24) is 5.32 Å². The fourth-order valence-electron chi connectivity index (χ4n) is 1.17. The summed E-state index contributed by atoms with van der Waals surface area (Å²) in [7, 11) is 0. The Morgan fingerprint density at radius 2 is 1.65 bits per heavy atom. The molecule has 0 saturated carbocycles. The second kappa shape index (κ2) is 15.0. The van der Waals surface area contributed by atoms with Gasteiger partial charge < -0.3 is 5.32 Å². The van der Waals surface area contributed by atoms with Crippen molar-refractivity contribution in [3.8, 4) is 0 Å². The third-order valence-corrected chi connectivity index (χ3v) is 2.02. The van der Waals surface area contributed by atoms with Crippen LogP contribution in [0, 0.1) is 0 Å². The van der Waals surface area contributed by atoms with Crippen molar-refractivity contribution >= 4 is 5.91 Å². The molecule has 0 fully saturated rings. The summed E-state index contributed by atoms with van der Waals surface area (Å²) < 4.78 is 0. The molecule has 20 heavy (non-hydrogen) atoms. The molecule has 0 atom stereocenters. The van der Waals surface area contributed by atoms with Crippen LogP contribution < -0.4 is 5.32 Å². The average Bonchev–Trinajstić information content (AvgIpc) is 2.55. The van der Waals surface area contributed by atoms with E-state index in [-0.39, 0.29) is 5.91 Å². The van der Waals surface area contributed by atoms with E-state index in [4.69, 9.17) is 0 Å². The summed E-state index contributed by atoms with van der Waals surface area (Å²) in [6.07, 6.45) is 7.08. The first-order chi connectivity index (χ1) is 9.77. The van der Waals surface area contributed by atoms with Gasteiger partial charge in [-0.2, -0.15) is 0 Å². The van der Waals surface area contributed by atoms with Crippen LogP contribution in [0.3, 0.4) is 0 Å². The molecule has 2 heteroatoms. The Morgan fingerprint density at radius 1 is 1.10 bits per heavy atom. The number of nitrogens with one attached hydrogen (secondary N) is 1. The summed E-state index contributed by atoms with van der Waals surface area (Å²) in [6.45, 7) is 13.4. The lowest BCUT2D eigenvalue weighted by molar-refractivity contribution is 0.0967. The van der Waals surface area contributed by atoms with Crippen molar-refractivity contribution < 1.29 is 4.79 Å². The fraction of sp³-hybridized carbons (Fsp3) is 0.278. The Hall–Kier alpha value is -2.09. The zero-order valence-electron chi connectivity index (χ0n) is 13.3. The predicted molar refractivity (Wildman–Crippen MR) is 89.7 cm³/mol. The molecule has 0 unspecified atom stereocenters. The molecular formula is C18H27NO. The zero-order valence-corrected chi connectivity index (χ0v) is 13.3. The maximum Gasteiger partial charge on any atom is 0.255 e. The van der Waals surface area contributed by atoms with Crippen molar-refractivity contribution in [3.63, 3.8) is 0 Å². The third-order valence-electron chi connectivity index (χ3n) is 2.02. The van der Waals surface area contributed by atoms with E-state index in [0.29, 0.717) is 5.56 Å². The first kappa shape index (κ1) is 20.2. The van der Waals surface area contributed by atoms with Gasteiger partial charge in [0.05, 0.1) is 0 Å². The highest BCUT2D eigenvalue weighted by Gasteiger charge is 2.03. The Balaban J connectivity index is 0. The highest BCUT2D eigenvalue weighted by atomic mass is 16.1. The lowest BCUT2D eigenvalue weighted by atomic mass is 10.2. The molecular weight excluding hydrogens is 246 g/mol. The van der Waals surface area contributed by atoms with Crippen LogP contribution in [0.5, 0.6) is 0 Å². The number of hydrogen-bond acceptors (Lipinski definition) is 1. The van der Waals surface area contributed by atoms with Crippen molar-refractivity contribution in [2.45, 2.75) is 34.6 Å². The minimum Gasteiger partial charge on any atom is -0.322 e. The number of benzene rings is 1. The monoisotopic (exact) mass is 273 g/mol. The zero-order chi connectivity index (χ0) is 15.8. The van der Waals surface area contributed by atoms with E-state index in [2.05, 4.69) is 11.9 Å². The van der Waals surface area contributed by atoms with Crippen LogP contribution in [-0.4, -0.2) is 5.91 Å². The molecule has 0 radical (unpaired) electrons. The van der Waals surface area contributed by atoms with Crippen LogP contribution in [0.2, 0.25) is 0 Å². The summed E-state index contributed by atoms with van der Waals surface area (Å²) in [4.78, 5) is 11.8. The minimum absolute atomic E-state index is 0.109. The van der Waals surface area contributed by atoms with E-state index in [9.17, 15) is 4.79 Å². The van der Waals surface area contributed by atoms with Crippen molar-refractivity contribution in [2.75, 3.05) is 0 Å². The number of carbonyl (C=O) groups is 1.